The Balaban J connectivity index is 1.49. The van der Waals surface area contributed by atoms with Crippen LogP contribution >= 0.6 is 38.9 Å². The first-order chi connectivity index (χ1) is 15.6. The SMILES string of the molecule is CN(c1ccc(OCC(=O)OCC(=O)Nc2ncc(Br)s2)cc1)S(=O)(=O)c1ccc(Cl)cc1. The predicted octanol–water partition coefficient (Wildman–Crippen LogP) is 3.94. The highest BCUT2D eigenvalue weighted by atomic mass is 79.9. The van der Waals surface area contributed by atoms with Gasteiger partial charge in [-0.25, -0.2) is 18.2 Å². The number of esters is 1. The van der Waals surface area contributed by atoms with Crippen LogP contribution in [0.4, 0.5) is 10.8 Å². The number of carbonyl (C=O) groups is 2. The fraction of sp³-hybridized carbons (Fsp3) is 0.150. The van der Waals surface area contributed by atoms with E-state index in [1.54, 1.807) is 0 Å². The van der Waals surface area contributed by atoms with Crippen molar-refractivity contribution in [2.75, 3.05) is 29.9 Å². The molecule has 174 valence electrons. The van der Waals surface area contributed by atoms with Gasteiger partial charge >= 0.3 is 5.97 Å². The molecule has 9 nitrogen and oxygen atoms in total. The lowest BCUT2D eigenvalue weighted by Gasteiger charge is -2.20. The predicted molar refractivity (Wildman–Crippen MR) is 128 cm³/mol. The highest BCUT2D eigenvalue weighted by molar-refractivity contribution is 9.11. The molecule has 0 spiro atoms. The van der Waals surface area contributed by atoms with E-state index < -0.39 is 35.1 Å². The molecule has 0 aliphatic heterocycles. The minimum Gasteiger partial charge on any atom is -0.482 e. The monoisotopic (exact) mass is 573 g/mol. The van der Waals surface area contributed by atoms with Gasteiger partial charge in [0.15, 0.2) is 18.3 Å². The maximum absolute atomic E-state index is 12.7. The lowest BCUT2D eigenvalue weighted by molar-refractivity contribution is -0.149. The lowest BCUT2D eigenvalue weighted by atomic mass is 10.3. The van der Waals surface area contributed by atoms with E-state index in [1.165, 1.54) is 73.1 Å². The standard InChI is InChI=1S/C20H17BrClN3O6S2/c1-25(33(28,29)16-8-2-13(22)3-9-16)14-4-6-15(7-5-14)30-12-19(27)31-11-18(26)24-20-23-10-17(21)32-20/h2-10H,11-12H2,1H3,(H,23,24,26). The lowest BCUT2D eigenvalue weighted by Crippen LogP contribution is -2.26. The van der Waals surface area contributed by atoms with Gasteiger partial charge in [0, 0.05) is 12.1 Å². The highest BCUT2D eigenvalue weighted by Crippen LogP contribution is 2.25. The summed E-state index contributed by atoms with van der Waals surface area (Å²) in [5.74, 6) is -0.943. The van der Waals surface area contributed by atoms with Gasteiger partial charge in [-0.3, -0.25) is 14.4 Å². The van der Waals surface area contributed by atoms with Crippen LogP contribution in [0.2, 0.25) is 5.02 Å². The number of amides is 1. The molecular formula is C20H17BrClN3O6S2. The summed E-state index contributed by atoms with van der Waals surface area (Å²) in [5, 5.41) is 3.31. The molecule has 0 aliphatic rings. The van der Waals surface area contributed by atoms with Crippen LogP contribution in [0, 0.1) is 0 Å². The number of carbonyl (C=O) groups excluding carboxylic acids is 2. The molecule has 1 amide bonds. The van der Waals surface area contributed by atoms with Crippen molar-refractivity contribution in [1.29, 1.82) is 0 Å². The summed E-state index contributed by atoms with van der Waals surface area (Å²) in [6.07, 6.45) is 1.54. The Hall–Kier alpha value is -2.67. The van der Waals surface area contributed by atoms with Gasteiger partial charge in [-0.1, -0.05) is 22.9 Å². The number of nitrogens with zero attached hydrogens (tertiary/aromatic N) is 2. The highest BCUT2D eigenvalue weighted by Gasteiger charge is 2.21. The number of rotatable bonds is 9. The third kappa shape index (κ3) is 6.90. The summed E-state index contributed by atoms with van der Waals surface area (Å²) >= 11 is 10.3. The van der Waals surface area contributed by atoms with E-state index in [0.717, 1.165) is 8.09 Å². The van der Waals surface area contributed by atoms with Gasteiger partial charge in [0.2, 0.25) is 0 Å². The van der Waals surface area contributed by atoms with Crippen molar-refractivity contribution in [2.24, 2.45) is 0 Å². The number of ether oxygens (including phenoxy) is 2. The van der Waals surface area contributed by atoms with Gasteiger partial charge in [0.1, 0.15) is 5.75 Å². The second-order valence-electron chi connectivity index (χ2n) is 6.39. The molecule has 1 heterocycles. The van der Waals surface area contributed by atoms with E-state index in [9.17, 15) is 18.0 Å². The van der Waals surface area contributed by atoms with Crippen LogP contribution in [0.1, 0.15) is 0 Å². The number of thiazole rings is 1. The Kier molecular flexibility index (Phi) is 8.30. The summed E-state index contributed by atoms with van der Waals surface area (Å²) in [7, 11) is -2.35. The molecule has 13 heteroatoms. The van der Waals surface area contributed by atoms with Crippen LogP contribution in [0.5, 0.6) is 5.75 Å². The molecule has 0 fully saturated rings. The summed E-state index contributed by atoms with van der Waals surface area (Å²) in [6.45, 7) is -0.903. The molecular weight excluding hydrogens is 558 g/mol. The quantitative estimate of drug-likeness (QED) is 0.385. The molecule has 3 aromatic rings. The smallest absolute Gasteiger partial charge is 0.344 e. The van der Waals surface area contributed by atoms with Crippen LogP contribution < -0.4 is 14.4 Å². The van der Waals surface area contributed by atoms with E-state index in [-0.39, 0.29) is 4.90 Å². The Bertz CT molecular complexity index is 1230. The van der Waals surface area contributed by atoms with Crippen molar-refractivity contribution in [3.63, 3.8) is 0 Å². The largest absolute Gasteiger partial charge is 0.482 e. The molecule has 0 unspecified atom stereocenters. The first-order valence-corrected chi connectivity index (χ1v) is 12.6. The van der Waals surface area contributed by atoms with Crippen molar-refractivity contribution in [3.05, 3.63) is 63.5 Å². The van der Waals surface area contributed by atoms with Crippen molar-refractivity contribution in [1.82, 2.24) is 4.98 Å². The Morgan fingerprint density at radius 3 is 2.39 bits per heavy atom. The van der Waals surface area contributed by atoms with Gasteiger partial charge in [0.25, 0.3) is 15.9 Å². The van der Waals surface area contributed by atoms with Gasteiger partial charge in [-0.2, -0.15) is 0 Å². The molecule has 0 saturated carbocycles. The van der Waals surface area contributed by atoms with E-state index >= 15 is 0 Å². The third-order valence-corrected chi connectivity index (χ3v) is 7.56. The van der Waals surface area contributed by atoms with E-state index in [0.29, 0.717) is 21.6 Å². The summed E-state index contributed by atoms with van der Waals surface area (Å²) in [6, 6.07) is 12.0. The van der Waals surface area contributed by atoms with Gasteiger partial charge in [-0.05, 0) is 64.5 Å². The molecule has 1 N–H and O–H groups in total. The zero-order valence-electron chi connectivity index (χ0n) is 17.0. The number of hydrogen-bond donors (Lipinski definition) is 1. The normalized spacial score (nSPS) is 11.0. The molecule has 0 bridgehead atoms. The Morgan fingerprint density at radius 2 is 1.79 bits per heavy atom. The van der Waals surface area contributed by atoms with Gasteiger partial charge in [0.05, 0.1) is 20.6 Å². The van der Waals surface area contributed by atoms with Crippen molar-refractivity contribution in [2.45, 2.75) is 4.90 Å². The topological polar surface area (TPSA) is 115 Å². The first kappa shape index (κ1) is 25.0. The minimum absolute atomic E-state index is 0.101. The van der Waals surface area contributed by atoms with Crippen molar-refractivity contribution in [3.8, 4) is 5.75 Å². The number of sulfonamides is 1. The number of nitrogens with one attached hydrogen (secondary N) is 1. The van der Waals surface area contributed by atoms with Crippen LogP contribution in [-0.4, -0.2) is 45.5 Å². The maximum Gasteiger partial charge on any atom is 0.344 e. The summed E-state index contributed by atoms with van der Waals surface area (Å²) in [5.41, 5.74) is 0.394. The molecule has 0 radical (unpaired) electrons. The van der Waals surface area contributed by atoms with Crippen molar-refractivity contribution < 1.29 is 27.5 Å². The second-order valence-corrected chi connectivity index (χ2v) is 11.2. The summed E-state index contributed by atoms with van der Waals surface area (Å²) in [4.78, 5) is 27.6. The number of anilines is 2. The van der Waals surface area contributed by atoms with Crippen LogP contribution in [0.15, 0.2) is 63.4 Å². The second kappa shape index (κ2) is 11.0. The molecule has 0 atom stereocenters. The zero-order chi connectivity index (χ0) is 24.0. The minimum atomic E-state index is -3.77. The molecule has 2 aromatic carbocycles. The van der Waals surface area contributed by atoms with E-state index in [2.05, 4.69) is 26.2 Å². The van der Waals surface area contributed by atoms with Crippen LogP contribution in [0.25, 0.3) is 0 Å². The van der Waals surface area contributed by atoms with E-state index in [1.807, 2.05) is 0 Å². The Labute approximate surface area is 207 Å². The van der Waals surface area contributed by atoms with Crippen LogP contribution in [0.3, 0.4) is 0 Å². The number of hydrogen-bond acceptors (Lipinski definition) is 8. The molecule has 1 aromatic heterocycles. The summed E-state index contributed by atoms with van der Waals surface area (Å²) < 4.78 is 37.5. The molecule has 3 rings (SSSR count). The maximum atomic E-state index is 12.7. The molecule has 0 aliphatic carbocycles. The fourth-order valence-electron chi connectivity index (χ4n) is 2.45. The van der Waals surface area contributed by atoms with Gasteiger partial charge in [-0.15, -0.1) is 0 Å². The van der Waals surface area contributed by atoms with E-state index in [4.69, 9.17) is 21.1 Å². The molecule has 0 saturated heterocycles. The number of halogens is 2. The fourth-order valence-corrected chi connectivity index (χ4v) is 4.90. The zero-order valence-corrected chi connectivity index (χ0v) is 21.0. The number of benzene rings is 2. The van der Waals surface area contributed by atoms with Crippen molar-refractivity contribution >= 4 is 71.6 Å². The average molecular weight is 575 g/mol. The first-order valence-electron chi connectivity index (χ1n) is 9.19. The number of aromatic nitrogens is 1. The van der Waals surface area contributed by atoms with Gasteiger partial charge < -0.3 is 9.47 Å². The third-order valence-electron chi connectivity index (χ3n) is 4.12. The Morgan fingerprint density at radius 1 is 1.12 bits per heavy atom. The molecule has 33 heavy (non-hydrogen) atoms. The average Bonchev–Trinajstić information content (AvgIpc) is 3.20. The van der Waals surface area contributed by atoms with Crippen LogP contribution in [-0.2, 0) is 24.3 Å².